The Morgan fingerprint density at radius 2 is 1.90 bits per heavy atom. The van der Waals surface area contributed by atoms with Gasteiger partial charge in [-0.2, -0.15) is 5.10 Å². The van der Waals surface area contributed by atoms with E-state index in [1.807, 2.05) is 47.8 Å². The van der Waals surface area contributed by atoms with Crippen LogP contribution in [0.2, 0.25) is 0 Å². The first-order chi connectivity index (χ1) is 14.1. The van der Waals surface area contributed by atoms with E-state index in [1.165, 1.54) is 11.3 Å². The third-order valence-electron chi connectivity index (χ3n) is 4.66. The van der Waals surface area contributed by atoms with Crippen molar-refractivity contribution in [3.05, 3.63) is 59.6 Å². The smallest absolute Gasteiger partial charge is 0.342 e. The second-order valence-corrected chi connectivity index (χ2v) is 7.58. The molecule has 0 unspecified atom stereocenters. The number of aromatic nitrogens is 2. The van der Waals surface area contributed by atoms with Crippen LogP contribution in [0.3, 0.4) is 0 Å². The van der Waals surface area contributed by atoms with Gasteiger partial charge in [0.1, 0.15) is 11.3 Å². The first kappa shape index (κ1) is 19.4. The molecule has 8 heteroatoms. The molecule has 0 spiro atoms. The molecule has 4 rings (SSSR count). The maximum atomic E-state index is 12.9. The van der Waals surface area contributed by atoms with E-state index in [4.69, 9.17) is 9.47 Å². The number of carbonyl (C=O) groups excluding carboxylic acids is 2. The highest BCUT2D eigenvalue weighted by molar-refractivity contribution is 7.13. The van der Waals surface area contributed by atoms with Crippen molar-refractivity contribution >= 4 is 23.2 Å². The number of nitrogens with zero attached hydrogens (tertiary/aromatic N) is 3. The summed E-state index contributed by atoms with van der Waals surface area (Å²) >= 11 is 1.49. The van der Waals surface area contributed by atoms with Gasteiger partial charge < -0.3 is 14.4 Å². The van der Waals surface area contributed by atoms with Crippen molar-refractivity contribution in [1.29, 1.82) is 0 Å². The molecule has 29 heavy (non-hydrogen) atoms. The van der Waals surface area contributed by atoms with Crippen molar-refractivity contribution in [2.75, 3.05) is 26.3 Å². The standard InChI is InChI=1S/C21H21N3O4S/c1-15(20(25)23-9-11-27-12-10-23)28-21(26)17-14-24(16-6-3-2-4-7-16)22-19(17)18-8-5-13-29-18/h2-8,13-15H,9-12H2,1H3/t15-/m1/s1. The average molecular weight is 411 g/mol. The summed E-state index contributed by atoms with van der Waals surface area (Å²) in [7, 11) is 0. The highest BCUT2D eigenvalue weighted by atomic mass is 32.1. The maximum absolute atomic E-state index is 12.9. The van der Waals surface area contributed by atoms with Crippen molar-refractivity contribution < 1.29 is 19.1 Å². The molecule has 1 saturated heterocycles. The predicted octanol–water partition coefficient (Wildman–Crippen LogP) is 3.00. The highest BCUT2D eigenvalue weighted by Gasteiger charge is 2.28. The molecule has 3 aromatic rings. The van der Waals surface area contributed by atoms with E-state index < -0.39 is 12.1 Å². The molecule has 1 amide bonds. The van der Waals surface area contributed by atoms with Gasteiger partial charge in [-0.05, 0) is 30.5 Å². The fourth-order valence-corrected chi connectivity index (χ4v) is 3.87. The first-order valence-electron chi connectivity index (χ1n) is 9.40. The Labute approximate surface area is 172 Å². The van der Waals surface area contributed by atoms with Gasteiger partial charge in [-0.15, -0.1) is 11.3 Å². The molecule has 150 valence electrons. The molecule has 0 bridgehead atoms. The molecule has 1 aliphatic rings. The van der Waals surface area contributed by atoms with Crippen LogP contribution in [0.1, 0.15) is 17.3 Å². The van der Waals surface area contributed by atoms with Crippen LogP contribution in [-0.4, -0.2) is 59.0 Å². The Morgan fingerprint density at radius 3 is 2.59 bits per heavy atom. The Kier molecular flexibility index (Phi) is 5.73. The third-order valence-corrected chi connectivity index (χ3v) is 5.54. The number of para-hydroxylation sites is 1. The molecule has 0 N–H and O–H groups in total. The van der Waals surface area contributed by atoms with E-state index in [1.54, 1.807) is 22.7 Å². The van der Waals surface area contributed by atoms with Gasteiger partial charge >= 0.3 is 5.97 Å². The number of hydrogen-bond acceptors (Lipinski definition) is 6. The van der Waals surface area contributed by atoms with Gasteiger partial charge in [-0.1, -0.05) is 24.3 Å². The highest BCUT2D eigenvalue weighted by Crippen LogP contribution is 2.28. The predicted molar refractivity (Wildman–Crippen MR) is 109 cm³/mol. The number of morpholine rings is 1. The first-order valence-corrected chi connectivity index (χ1v) is 10.3. The monoisotopic (exact) mass is 411 g/mol. The van der Waals surface area contributed by atoms with Crippen molar-refractivity contribution in [3.63, 3.8) is 0 Å². The minimum Gasteiger partial charge on any atom is -0.449 e. The summed E-state index contributed by atoms with van der Waals surface area (Å²) < 4.78 is 12.4. The summed E-state index contributed by atoms with van der Waals surface area (Å²) in [4.78, 5) is 28.0. The van der Waals surface area contributed by atoms with Crippen LogP contribution >= 0.6 is 11.3 Å². The molecule has 0 saturated carbocycles. The van der Waals surface area contributed by atoms with Crippen molar-refractivity contribution in [1.82, 2.24) is 14.7 Å². The normalized spacial score (nSPS) is 15.1. The zero-order valence-corrected chi connectivity index (χ0v) is 16.8. The van der Waals surface area contributed by atoms with Crippen molar-refractivity contribution in [2.24, 2.45) is 0 Å². The van der Waals surface area contributed by atoms with E-state index in [-0.39, 0.29) is 5.91 Å². The summed E-state index contributed by atoms with van der Waals surface area (Å²) in [6, 6.07) is 13.4. The SMILES string of the molecule is C[C@@H](OC(=O)c1cn(-c2ccccc2)nc1-c1cccs1)C(=O)N1CCOCC1. The minimum atomic E-state index is -0.878. The lowest BCUT2D eigenvalue weighted by Gasteiger charge is -2.28. The fourth-order valence-electron chi connectivity index (χ4n) is 3.15. The van der Waals surface area contributed by atoms with E-state index in [2.05, 4.69) is 5.10 Å². The van der Waals surface area contributed by atoms with Crippen LogP contribution in [-0.2, 0) is 14.3 Å². The van der Waals surface area contributed by atoms with Gasteiger partial charge in [0.15, 0.2) is 6.10 Å². The number of rotatable bonds is 5. The second kappa shape index (κ2) is 8.59. The van der Waals surface area contributed by atoms with Gasteiger partial charge in [0.25, 0.3) is 5.91 Å². The van der Waals surface area contributed by atoms with Gasteiger partial charge in [0, 0.05) is 19.3 Å². The Hall–Kier alpha value is -2.97. The molecule has 1 atom stereocenters. The number of ether oxygens (including phenoxy) is 2. The lowest BCUT2D eigenvalue weighted by molar-refractivity contribution is -0.143. The molecule has 1 fully saturated rings. The van der Waals surface area contributed by atoms with Crippen LogP contribution in [0.4, 0.5) is 0 Å². The van der Waals surface area contributed by atoms with Crippen molar-refractivity contribution in [2.45, 2.75) is 13.0 Å². The van der Waals surface area contributed by atoms with Crippen LogP contribution in [0.25, 0.3) is 16.3 Å². The zero-order chi connectivity index (χ0) is 20.2. The quantitative estimate of drug-likeness (QED) is 0.604. The number of esters is 1. The van der Waals surface area contributed by atoms with Crippen LogP contribution in [0, 0.1) is 0 Å². The number of thiophene rings is 1. The Bertz CT molecular complexity index is 979. The van der Waals surface area contributed by atoms with Crippen LogP contribution in [0.5, 0.6) is 0 Å². The molecule has 3 heterocycles. The molecular weight excluding hydrogens is 390 g/mol. The number of benzene rings is 1. The molecule has 0 radical (unpaired) electrons. The molecule has 7 nitrogen and oxygen atoms in total. The molecule has 1 aromatic carbocycles. The Morgan fingerprint density at radius 1 is 1.14 bits per heavy atom. The minimum absolute atomic E-state index is 0.213. The lowest BCUT2D eigenvalue weighted by atomic mass is 10.2. The van der Waals surface area contributed by atoms with Gasteiger partial charge in [0.05, 0.1) is 23.8 Å². The zero-order valence-electron chi connectivity index (χ0n) is 16.0. The van der Waals surface area contributed by atoms with Crippen LogP contribution in [0.15, 0.2) is 54.0 Å². The summed E-state index contributed by atoms with van der Waals surface area (Å²) in [5.74, 6) is -0.778. The van der Waals surface area contributed by atoms with E-state index >= 15 is 0 Å². The Balaban J connectivity index is 1.58. The number of carbonyl (C=O) groups is 2. The largest absolute Gasteiger partial charge is 0.449 e. The number of amides is 1. The van der Waals surface area contributed by atoms with Gasteiger partial charge in [-0.25, -0.2) is 9.48 Å². The summed E-state index contributed by atoms with van der Waals surface area (Å²) in [6.45, 7) is 3.61. The van der Waals surface area contributed by atoms with Crippen LogP contribution < -0.4 is 0 Å². The van der Waals surface area contributed by atoms with E-state index in [0.29, 0.717) is 37.6 Å². The summed E-state index contributed by atoms with van der Waals surface area (Å²) in [6.07, 6.45) is 0.774. The second-order valence-electron chi connectivity index (χ2n) is 6.63. The maximum Gasteiger partial charge on any atom is 0.342 e. The van der Waals surface area contributed by atoms with Gasteiger partial charge in [0.2, 0.25) is 0 Å². The molecule has 2 aromatic heterocycles. The molecule has 1 aliphatic heterocycles. The average Bonchev–Trinajstić information content (AvgIpc) is 3.44. The lowest BCUT2D eigenvalue weighted by Crippen LogP contribution is -2.46. The van der Waals surface area contributed by atoms with E-state index in [0.717, 1.165) is 10.6 Å². The summed E-state index contributed by atoms with van der Waals surface area (Å²) in [5.41, 5.74) is 1.71. The summed E-state index contributed by atoms with van der Waals surface area (Å²) in [5, 5.41) is 6.53. The van der Waals surface area contributed by atoms with Gasteiger partial charge in [-0.3, -0.25) is 4.79 Å². The third kappa shape index (κ3) is 4.23. The van der Waals surface area contributed by atoms with E-state index in [9.17, 15) is 9.59 Å². The number of hydrogen-bond donors (Lipinski definition) is 0. The molecular formula is C21H21N3O4S. The fraction of sp³-hybridized carbons (Fsp3) is 0.286. The molecule has 0 aliphatic carbocycles. The van der Waals surface area contributed by atoms with Crippen molar-refractivity contribution in [3.8, 4) is 16.3 Å². The topological polar surface area (TPSA) is 73.7 Å².